The number of aliphatic hydroxyl groups is 1. The molecule has 5 heteroatoms. The number of nitrogens with zero attached hydrogens (tertiary/aromatic N) is 2. The summed E-state index contributed by atoms with van der Waals surface area (Å²) in [4.78, 5) is 4.56. The topological polar surface area (TPSA) is 45.2 Å². The summed E-state index contributed by atoms with van der Waals surface area (Å²) in [6, 6.07) is 6.09. The molecule has 0 unspecified atom stereocenters. The van der Waals surface area contributed by atoms with Crippen molar-refractivity contribution in [2.24, 2.45) is 0 Å². The summed E-state index contributed by atoms with van der Waals surface area (Å²) >= 11 is 0. The average Bonchev–Trinajstić information content (AvgIpc) is 2.76. The van der Waals surface area contributed by atoms with Crippen LogP contribution in [0.1, 0.15) is 31.2 Å². The maximum Gasteiger partial charge on any atom is 0.165 e. The molecule has 0 aromatic heterocycles. The maximum absolute atomic E-state index is 9.82. The predicted octanol–water partition coefficient (Wildman–Crippen LogP) is 2.37. The summed E-state index contributed by atoms with van der Waals surface area (Å²) in [6.45, 7) is 4.48. The number of benzene rings is 1. The fourth-order valence-electron chi connectivity index (χ4n) is 3.10. The smallest absolute Gasteiger partial charge is 0.165 e. The standard InChI is InChI=1S/C19H32N2O3/c1-20(2)11-6-14-24-19-16(7-4-9-18(19)23-3)15-21-12-5-8-17(22)10-13-21/h4,7,9,17,22H,5-6,8,10-15H2,1-3H3/t17-/m1/s1. The van der Waals surface area contributed by atoms with Crippen LogP contribution in [0, 0.1) is 0 Å². The molecule has 136 valence electrons. The van der Waals surface area contributed by atoms with Gasteiger partial charge in [0, 0.05) is 25.2 Å². The number of hydrogen-bond acceptors (Lipinski definition) is 5. The highest BCUT2D eigenvalue weighted by molar-refractivity contribution is 5.46. The molecule has 0 radical (unpaired) electrons. The Balaban J connectivity index is 2.02. The molecule has 0 spiro atoms. The van der Waals surface area contributed by atoms with Gasteiger partial charge in [-0.05, 0) is 52.4 Å². The molecule has 1 aromatic carbocycles. The molecule has 0 amide bonds. The van der Waals surface area contributed by atoms with Crippen molar-refractivity contribution in [2.75, 3.05) is 47.4 Å². The van der Waals surface area contributed by atoms with E-state index in [0.29, 0.717) is 6.61 Å². The van der Waals surface area contributed by atoms with Crippen molar-refractivity contribution in [1.29, 1.82) is 0 Å². The van der Waals surface area contributed by atoms with E-state index < -0.39 is 0 Å². The van der Waals surface area contributed by atoms with Crippen LogP contribution in [0.25, 0.3) is 0 Å². The summed E-state index contributed by atoms with van der Waals surface area (Å²) in [6.07, 6.45) is 3.64. The fraction of sp³-hybridized carbons (Fsp3) is 0.684. The quantitative estimate of drug-likeness (QED) is 0.739. The van der Waals surface area contributed by atoms with E-state index in [-0.39, 0.29) is 6.10 Å². The minimum absolute atomic E-state index is 0.151. The number of rotatable bonds is 8. The van der Waals surface area contributed by atoms with Crippen LogP contribution in [-0.2, 0) is 6.54 Å². The van der Waals surface area contributed by atoms with Gasteiger partial charge in [-0.3, -0.25) is 4.90 Å². The van der Waals surface area contributed by atoms with Gasteiger partial charge < -0.3 is 19.5 Å². The number of aliphatic hydroxyl groups excluding tert-OH is 1. The minimum Gasteiger partial charge on any atom is -0.493 e. The van der Waals surface area contributed by atoms with Gasteiger partial charge in [-0.15, -0.1) is 0 Å². The van der Waals surface area contributed by atoms with Gasteiger partial charge in [-0.2, -0.15) is 0 Å². The van der Waals surface area contributed by atoms with Crippen LogP contribution in [0.15, 0.2) is 18.2 Å². The Hall–Kier alpha value is -1.30. The molecule has 5 nitrogen and oxygen atoms in total. The third-order valence-corrected chi connectivity index (χ3v) is 4.46. The molecule has 1 saturated heterocycles. The van der Waals surface area contributed by atoms with Gasteiger partial charge in [-0.1, -0.05) is 12.1 Å². The first kappa shape index (κ1) is 19.0. The number of likely N-dealkylation sites (tertiary alicyclic amines) is 1. The Bertz CT molecular complexity index is 494. The van der Waals surface area contributed by atoms with Crippen LogP contribution < -0.4 is 9.47 Å². The first-order valence-electron chi connectivity index (χ1n) is 8.94. The summed E-state index contributed by atoms with van der Waals surface area (Å²) in [5.41, 5.74) is 1.16. The van der Waals surface area contributed by atoms with E-state index >= 15 is 0 Å². The van der Waals surface area contributed by atoms with Crippen LogP contribution in [0.4, 0.5) is 0 Å². The van der Waals surface area contributed by atoms with Crippen LogP contribution in [0.5, 0.6) is 11.5 Å². The molecule has 24 heavy (non-hydrogen) atoms. The number of methoxy groups -OCH3 is 1. The van der Waals surface area contributed by atoms with Gasteiger partial charge in [0.15, 0.2) is 11.5 Å². The van der Waals surface area contributed by atoms with E-state index in [1.54, 1.807) is 7.11 Å². The zero-order chi connectivity index (χ0) is 17.4. The number of ether oxygens (including phenoxy) is 2. The second-order valence-electron chi connectivity index (χ2n) is 6.81. The summed E-state index contributed by atoms with van der Waals surface area (Å²) in [7, 11) is 5.83. The van der Waals surface area contributed by atoms with E-state index in [2.05, 4.69) is 30.0 Å². The second kappa shape index (κ2) is 9.87. The number of para-hydroxylation sites is 1. The van der Waals surface area contributed by atoms with Gasteiger partial charge in [-0.25, -0.2) is 0 Å². The normalized spacial score (nSPS) is 19.3. The Kier molecular flexibility index (Phi) is 7.82. The van der Waals surface area contributed by atoms with Gasteiger partial charge in [0.05, 0.1) is 19.8 Å². The van der Waals surface area contributed by atoms with Crippen molar-refractivity contribution in [1.82, 2.24) is 9.80 Å². The molecule has 1 aliphatic heterocycles. The zero-order valence-electron chi connectivity index (χ0n) is 15.3. The fourth-order valence-corrected chi connectivity index (χ4v) is 3.10. The maximum atomic E-state index is 9.82. The third-order valence-electron chi connectivity index (χ3n) is 4.46. The van der Waals surface area contributed by atoms with E-state index in [4.69, 9.17) is 9.47 Å². The highest BCUT2D eigenvalue weighted by Crippen LogP contribution is 2.32. The monoisotopic (exact) mass is 336 g/mol. The molecule has 1 aliphatic rings. The summed E-state index contributed by atoms with van der Waals surface area (Å²) in [5.74, 6) is 1.66. The average molecular weight is 336 g/mol. The van der Waals surface area contributed by atoms with E-state index in [9.17, 15) is 5.11 Å². The van der Waals surface area contributed by atoms with Crippen molar-refractivity contribution < 1.29 is 14.6 Å². The van der Waals surface area contributed by atoms with Crippen LogP contribution >= 0.6 is 0 Å². The lowest BCUT2D eigenvalue weighted by molar-refractivity contribution is 0.154. The van der Waals surface area contributed by atoms with Crippen molar-refractivity contribution in [3.8, 4) is 11.5 Å². The second-order valence-corrected chi connectivity index (χ2v) is 6.81. The summed E-state index contributed by atoms with van der Waals surface area (Å²) < 4.78 is 11.6. The van der Waals surface area contributed by atoms with Crippen molar-refractivity contribution in [2.45, 2.75) is 38.3 Å². The zero-order valence-corrected chi connectivity index (χ0v) is 15.3. The van der Waals surface area contributed by atoms with Gasteiger partial charge in [0.25, 0.3) is 0 Å². The third kappa shape index (κ3) is 5.96. The Morgan fingerprint density at radius 3 is 2.83 bits per heavy atom. The van der Waals surface area contributed by atoms with Gasteiger partial charge in [0.2, 0.25) is 0 Å². The Morgan fingerprint density at radius 1 is 1.25 bits per heavy atom. The molecule has 1 N–H and O–H groups in total. The van der Waals surface area contributed by atoms with E-state index in [1.165, 1.54) is 0 Å². The minimum atomic E-state index is -0.151. The molecule has 1 aromatic rings. The SMILES string of the molecule is COc1cccc(CN2CCC[C@@H](O)CC2)c1OCCCN(C)C. The Morgan fingerprint density at radius 2 is 2.08 bits per heavy atom. The molecule has 0 saturated carbocycles. The molecular formula is C19H32N2O3. The molecule has 1 atom stereocenters. The lowest BCUT2D eigenvalue weighted by Gasteiger charge is -2.22. The molecule has 1 heterocycles. The van der Waals surface area contributed by atoms with E-state index in [1.807, 2.05) is 12.1 Å². The van der Waals surface area contributed by atoms with E-state index in [0.717, 1.165) is 68.9 Å². The van der Waals surface area contributed by atoms with Crippen molar-refractivity contribution in [3.05, 3.63) is 23.8 Å². The Labute approximate surface area is 146 Å². The largest absolute Gasteiger partial charge is 0.493 e. The van der Waals surface area contributed by atoms with Crippen LogP contribution in [0.2, 0.25) is 0 Å². The van der Waals surface area contributed by atoms with Crippen LogP contribution in [-0.4, -0.2) is 68.5 Å². The summed E-state index contributed by atoms with van der Waals surface area (Å²) in [5, 5.41) is 9.82. The molecule has 1 fully saturated rings. The van der Waals surface area contributed by atoms with Crippen molar-refractivity contribution in [3.63, 3.8) is 0 Å². The predicted molar refractivity (Wildman–Crippen MR) is 96.8 cm³/mol. The molecule has 0 aliphatic carbocycles. The lowest BCUT2D eigenvalue weighted by Crippen LogP contribution is -2.25. The van der Waals surface area contributed by atoms with Gasteiger partial charge in [0.1, 0.15) is 0 Å². The molecule has 0 bridgehead atoms. The van der Waals surface area contributed by atoms with Gasteiger partial charge >= 0.3 is 0 Å². The first-order chi connectivity index (χ1) is 11.6. The lowest BCUT2D eigenvalue weighted by atomic mass is 10.1. The van der Waals surface area contributed by atoms with Crippen LogP contribution in [0.3, 0.4) is 0 Å². The number of hydrogen-bond donors (Lipinski definition) is 1. The highest BCUT2D eigenvalue weighted by Gasteiger charge is 2.18. The highest BCUT2D eigenvalue weighted by atomic mass is 16.5. The first-order valence-corrected chi connectivity index (χ1v) is 8.94. The molecular weight excluding hydrogens is 304 g/mol. The van der Waals surface area contributed by atoms with Crippen molar-refractivity contribution >= 4 is 0 Å². The molecule has 2 rings (SSSR count).